The van der Waals surface area contributed by atoms with E-state index in [4.69, 9.17) is 0 Å². The Labute approximate surface area is 135 Å². The third-order valence-electron chi connectivity index (χ3n) is 3.33. The molecule has 0 heterocycles. The van der Waals surface area contributed by atoms with Crippen LogP contribution in [0, 0.1) is 0 Å². The number of hydrogen-bond donors (Lipinski definition) is 1. The van der Waals surface area contributed by atoms with Crippen LogP contribution in [0.2, 0.25) is 0 Å². The Morgan fingerprint density at radius 2 is 1.82 bits per heavy atom. The van der Waals surface area contributed by atoms with Crippen molar-refractivity contribution >= 4 is 21.9 Å². The summed E-state index contributed by atoms with van der Waals surface area (Å²) in [5, 5.41) is 0. The molecule has 0 aliphatic rings. The van der Waals surface area contributed by atoms with Gasteiger partial charge in [-0.05, 0) is 49.6 Å². The van der Waals surface area contributed by atoms with Crippen LogP contribution in [0.5, 0.6) is 0 Å². The van der Waals surface area contributed by atoms with E-state index in [9.17, 15) is 8.42 Å². The van der Waals surface area contributed by atoms with E-state index in [1.165, 1.54) is 31.2 Å². The lowest BCUT2D eigenvalue weighted by Gasteiger charge is -2.05. The summed E-state index contributed by atoms with van der Waals surface area (Å²) in [4.78, 5) is 4.43. The van der Waals surface area contributed by atoms with Crippen molar-refractivity contribution < 1.29 is 8.42 Å². The highest BCUT2D eigenvalue weighted by molar-refractivity contribution is 7.92. The van der Waals surface area contributed by atoms with Gasteiger partial charge in [-0.25, -0.2) is 8.42 Å². The van der Waals surface area contributed by atoms with Crippen molar-refractivity contribution in [1.29, 1.82) is 0 Å². The highest BCUT2D eigenvalue weighted by Gasteiger charge is 2.01. The molecule has 0 radical (unpaired) electrons. The second kappa shape index (κ2) is 10.4. The van der Waals surface area contributed by atoms with Gasteiger partial charge in [-0.1, -0.05) is 38.3 Å². The first-order chi connectivity index (χ1) is 10.5. The topological polar surface area (TPSA) is 58.5 Å². The smallest absolute Gasteiger partial charge is 0.229 e. The molecule has 1 aromatic rings. The minimum Gasteiger partial charge on any atom is -0.298 e. The molecule has 0 aromatic heterocycles. The highest BCUT2D eigenvalue weighted by atomic mass is 32.2. The van der Waals surface area contributed by atoms with Crippen LogP contribution in [0.3, 0.4) is 0 Å². The fraction of sp³-hybridized carbons (Fsp3) is 0.588. The number of hydrogen-bond acceptors (Lipinski definition) is 3. The highest BCUT2D eigenvalue weighted by Crippen LogP contribution is 2.12. The molecular formula is C17H28N2O2S. The zero-order chi connectivity index (χ0) is 16.3. The van der Waals surface area contributed by atoms with Gasteiger partial charge >= 0.3 is 0 Å². The van der Waals surface area contributed by atoms with Gasteiger partial charge in [-0.15, -0.1) is 0 Å². The van der Waals surface area contributed by atoms with Gasteiger partial charge in [-0.3, -0.25) is 9.71 Å². The normalized spacial score (nSPS) is 11.9. The van der Waals surface area contributed by atoms with Gasteiger partial charge in [0.1, 0.15) is 0 Å². The first-order valence-electron chi connectivity index (χ1n) is 8.06. The fourth-order valence-corrected chi connectivity index (χ4v) is 2.73. The number of sulfonamides is 1. The summed E-state index contributed by atoms with van der Waals surface area (Å²) >= 11 is 0. The van der Waals surface area contributed by atoms with E-state index in [1.807, 2.05) is 18.3 Å². The van der Waals surface area contributed by atoms with E-state index < -0.39 is 10.0 Å². The monoisotopic (exact) mass is 324 g/mol. The molecule has 0 bridgehead atoms. The summed E-state index contributed by atoms with van der Waals surface area (Å²) in [5.41, 5.74) is 1.83. The van der Waals surface area contributed by atoms with Gasteiger partial charge < -0.3 is 0 Å². The number of rotatable bonds is 11. The number of aliphatic imine (C=N–C) groups is 1. The molecule has 0 fully saturated rings. The van der Waals surface area contributed by atoms with Crippen molar-refractivity contribution in [1.82, 2.24) is 0 Å². The Kier molecular flexibility index (Phi) is 8.82. The molecule has 22 heavy (non-hydrogen) atoms. The summed E-state index contributed by atoms with van der Waals surface area (Å²) in [5.74, 6) is 0. The average molecular weight is 324 g/mol. The predicted octanol–water partition coefficient (Wildman–Crippen LogP) is 4.03. The molecule has 4 nitrogen and oxygen atoms in total. The minimum absolute atomic E-state index is 0.611. The summed E-state index contributed by atoms with van der Waals surface area (Å²) in [6.07, 6.45) is 11.3. The Bertz CT molecular complexity index is 536. The lowest BCUT2D eigenvalue weighted by molar-refractivity contribution is 0.607. The van der Waals surface area contributed by atoms with Crippen molar-refractivity contribution in [3.63, 3.8) is 0 Å². The molecule has 1 N–H and O–H groups in total. The lowest BCUT2D eigenvalue weighted by Crippen LogP contribution is -2.09. The van der Waals surface area contributed by atoms with E-state index in [0.717, 1.165) is 32.1 Å². The summed E-state index contributed by atoms with van der Waals surface area (Å²) in [6.45, 7) is 3.17. The van der Waals surface area contributed by atoms with E-state index in [-0.39, 0.29) is 0 Å². The number of nitrogens with zero attached hydrogens (tertiary/aromatic N) is 1. The van der Waals surface area contributed by atoms with E-state index in [0.29, 0.717) is 5.69 Å². The molecular weight excluding hydrogens is 296 g/mol. The van der Waals surface area contributed by atoms with Gasteiger partial charge in [0.15, 0.2) is 0 Å². The van der Waals surface area contributed by atoms with Crippen LogP contribution in [0.15, 0.2) is 29.3 Å². The Balaban J connectivity index is 2.18. The lowest BCUT2D eigenvalue weighted by atomic mass is 10.1. The molecule has 0 amide bonds. The molecule has 0 saturated carbocycles. The maximum absolute atomic E-state index is 11.1. The average Bonchev–Trinajstić information content (AvgIpc) is 2.46. The zero-order valence-corrected chi connectivity index (χ0v) is 14.5. The fourth-order valence-electron chi connectivity index (χ4n) is 2.16. The molecule has 0 spiro atoms. The summed E-state index contributed by atoms with van der Waals surface area (Å²) in [7, 11) is -3.19. The maximum Gasteiger partial charge on any atom is 0.229 e. The van der Waals surface area contributed by atoms with Crippen LogP contribution in [0.25, 0.3) is 0 Å². The summed E-state index contributed by atoms with van der Waals surface area (Å²) in [6, 6.07) is 7.54. The van der Waals surface area contributed by atoms with Crippen molar-refractivity contribution in [2.75, 3.05) is 17.5 Å². The van der Waals surface area contributed by atoms with E-state index in [2.05, 4.69) is 16.6 Å². The van der Waals surface area contributed by atoms with Crippen LogP contribution < -0.4 is 4.72 Å². The van der Waals surface area contributed by atoms with Crippen molar-refractivity contribution in [2.45, 2.75) is 51.9 Å². The molecule has 0 atom stereocenters. The van der Waals surface area contributed by atoms with Crippen molar-refractivity contribution in [3.05, 3.63) is 29.8 Å². The van der Waals surface area contributed by atoms with Crippen LogP contribution >= 0.6 is 0 Å². The third kappa shape index (κ3) is 9.55. The van der Waals surface area contributed by atoms with Gasteiger partial charge in [0, 0.05) is 12.2 Å². The summed E-state index contributed by atoms with van der Waals surface area (Å²) < 4.78 is 24.7. The van der Waals surface area contributed by atoms with Crippen LogP contribution in [-0.2, 0) is 16.4 Å². The number of benzene rings is 1. The number of aryl methyl sites for hydroxylation is 1. The Hall–Kier alpha value is -1.36. The largest absolute Gasteiger partial charge is 0.298 e. The van der Waals surface area contributed by atoms with E-state index in [1.54, 1.807) is 12.1 Å². The molecule has 1 aromatic carbocycles. The molecule has 0 aliphatic heterocycles. The van der Waals surface area contributed by atoms with E-state index >= 15 is 0 Å². The van der Waals surface area contributed by atoms with Crippen LogP contribution in [0.4, 0.5) is 5.69 Å². The molecule has 5 heteroatoms. The molecule has 124 valence electrons. The van der Waals surface area contributed by atoms with Crippen molar-refractivity contribution in [2.24, 2.45) is 4.99 Å². The van der Waals surface area contributed by atoms with Gasteiger partial charge in [-0.2, -0.15) is 0 Å². The minimum atomic E-state index is -3.19. The van der Waals surface area contributed by atoms with Gasteiger partial charge in [0.05, 0.1) is 6.26 Å². The third-order valence-corrected chi connectivity index (χ3v) is 3.93. The first kappa shape index (κ1) is 18.7. The predicted molar refractivity (Wildman–Crippen MR) is 95.3 cm³/mol. The second-order valence-corrected chi connectivity index (χ2v) is 7.36. The van der Waals surface area contributed by atoms with Crippen molar-refractivity contribution in [3.8, 4) is 0 Å². The van der Waals surface area contributed by atoms with Gasteiger partial charge in [0.2, 0.25) is 10.0 Å². The maximum atomic E-state index is 11.1. The Morgan fingerprint density at radius 1 is 1.09 bits per heavy atom. The second-order valence-electron chi connectivity index (χ2n) is 5.61. The van der Waals surface area contributed by atoms with Gasteiger partial charge in [0.25, 0.3) is 0 Å². The van der Waals surface area contributed by atoms with Crippen LogP contribution in [0.1, 0.15) is 51.0 Å². The number of anilines is 1. The molecule has 0 unspecified atom stereocenters. The zero-order valence-electron chi connectivity index (χ0n) is 13.7. The Morgan fingerprint density at radius 3 is 2.45 bits per heavy atom. The molecule has 0 saturated heterocycles. The quantitative estimate of drug-likeness (QED) is 0.493. The SMILES string of the molecule is CCCCCCN=CCCCc1ccc(NS(C)(=O)=O)cc1. The molecule has 1 rings (SSSR count). The number of nitrogens with one attached hydrogen (secondary N) is 1. The standard InChI is InChI=1S/C17H28N2O2S/c1-3-4-5-7-14-18-15-8-6-9-16-10-12-17(13-11-16)19-22(2,20)21/h10-13,15,19H,3-9,14H2,1-2H3. The number of unbranched alkanes of at least 4 members (excludes halogenated alkanes) is 4. The molecule has 0 aliphatic carbocycles. The first-order valence-corrected chi connectivity index (χ1v) is 9.95. The van der Waals surface area contributed by atoms with Crippen LogP contribution in [-0.4, -0.2) is 27.4 Å².